The van der Waals surface area contributed by atoms with Crippen LogP contribution in [0.2, 0.25) is 0 Å². The molecule has 4 nitrogen and oxygen atoms in total. The van der Waals surface area contributed by atoms with Gasteiger partial charge in [-0.15, -0.1) is 0 Å². The van der Waals surface area contributed by atoms with E-state index in [4.69, 9.17) is 4.74 Å². The minimum absolute atomic E-state index is 0.0575. The Morgan fingerprint density at radius 2 is 2.00 bits per heavy atom. The second-order valence-electron chi connectivity index (χ2n) is 5.61. The Balaban J connectivity index is 1.82. The summed E-state index contributed by atoms with van der Waals surface area (Å²) in [4.78, 5) is 11.7. The normalized spacial score (nSPS) is 25.4. The van der Waals surface area contributed by atoms with Crippen molar-refractivity contribution in [3.05, 3.63) is 28.7 Å². The topological polar surface area (TPSA) is 58.6 Å². The number of carbonyl (C=O) groups is 1. The van der Waals surface area contributed by atoms with Crippen LogP contribution < -0.4 is 5.32 Å². The Bertz CT molecular complexity index is 467. The maximum absolute atomic E-state index is 11.7. The summed E-state index contributed by atoms with van der Waals surface area (Å²) in [5.41, 5.74) is 0.245. The van der Waals surface area contributed by atoms with Crippen LogP contribution in [0.3, 0.4) is 0 Å². The van der Waals surface area contributed by atoms with Gasteiger partial charge in [0.15, 0.2) is 0 Å². The number of esters is 1. The lowest BCUT2D eigenvalue weighted by Gasteiger charge is -2.35. The summed E-state index contributed by atoms with van der Waals surface area (Å²) in [6.07, 6.45) is 2.63. The van der Waals surface area contributed by atoms with E-state index in [0.29, 0.717) is 38.8 Å². The van der Waals surface area contributed by atoms with Crippen LogP contribution in [-0.2, 0) is 9.53 Å². The number of ether oxygens (including phenoxy) is 1. The summed E-state index contributed by atoms with van der Waals surface area (Å²) in [5, 5.41) is 13.9. The van der Waals surface area contributed by atoms with Crippen molar-refractivity contribution in [2.75, 3.05) is 18.5 Å². The minimum Gasteiger partial charge on any atom is -0.466 e. The first kappa shape index (κ1) is 16.3. The van der Waals surface area contributed by atoms with Crippen molar-refractivity contribution in [1.29, 1.82) is 0 Å². The van der Waals surface area contributed by atoms with Crippen LogP contribution in [-0.4, -0.2) is 29.8 Å². The van der Waals surface area contributed by atoms with Gasteiger partial charge in [0.1, 0.15) is 0 Å². The van der Waals surface area contributed by atoms with Crippen LogP contribution in [0.5, 0.6) is 0 Å². The molecule has 1 saturated carbocycles. The van der Waals surface area contributed by atoms with Gasteiger partial charge in [0.2, 0.25) is 0 Å². The van der Waals surface area contributed by atoms with Gasteiger partial charge in [0.05, 0.1) is 18.1 Å². The quantitative estimate of drug-likeness (QED) is 0.795. The zero-order chi connectivity index (χ0) is 15.3. The van der Waals surface area contributed by atoms with E-state index in [9.17, 15) is 9.90 Å². The lowest BCUT2D eigenvalue weighted by atomic mass is 9.78. The van der Waals surface area contributed by atoms with Crippen LogP contribution in [0.25, 0.3) is 0 Å². The number of hydrogen-bond donors (Lipinski definition) is 2. The van der Waals surface area contributed by atoms with E-state index in [1.807, 2.05) is 31.2 Å². The van der Waals surface area contributed by atoms with Crippen molar-refractivity contribution >= 4 is 27.6 Å². The molecule has 0 saturated heterocycles. The predicted octanol–water partition coefficient (Wildman–Crippen LogP) is 3.35. The number of aliphatic hydroxyl groups is 1. The molecule has 0 aromatic heterocycles. The average molecular weight is 356 g/mol. The van der Waals surface area contributed by atoms with E-state index in [-0.39, 0.29) is 11.9 Å². The smallest absolute Gasteiger partial charge is 0.308 e. The standard InChI is InChI=1S/C16H22BrNO3/c1-2-21-15(19)12-7-9-16(20,10-8-12)11-18-14-5-3-13(17)4-6-14/h3-6,12,18,20H,2,7-11H2,1H3. The number of benzene rings is 1. The molecule has 0 atom stereocenters. The average Bonchev–Trinajstić information content (AvgIpc) is 2.48. The molecular weight excluding hydrogens is 334 g/mol. The highest BCUT2D eigenvalue weighted by atomic mass is 79.9. The Hall–Kier alpha value is -1.07. The summed E-state index contributed by atoms with van der Waals surface area (Å²) in [6, 6.07) is 7.86. The zero-order valence-electron chi connectivity index (χ0n) is 12.3. The lowest BCUT2D eigenvalue weighted by Crippen LogP contribution is -2.42. The fourth-order valence-electron chi connectivity index (χ4n) is 2.66. The number of rotatable bonds is 5. The summed E-state index contributed by atoms with van der Waals surface area (Å²) < 4.78 is 6.08. The second kappa shape index (κ2) is 7.27. The van der Waals surface area contributed by atoms with E-state index in [2.05, 4.69) is 21.2 Å². The Labute approximate surface area is 134 Å². The van der Waals surface area contributed by atoms with Crippen LogP contribution in [0, 0.1) is 5.92 Å². The molecule has 5 heteroatoms. The monoisotopic (exact) mass is 355 g/mol. The van der Waals surface area contributed by atoms with Crippen molar-refractivity contribution < 1.29 is 14.6 Å². The molecule has 1 aliphatic rings. The van der Waals surface area contributed by atoms with Gasteiger partial charge in [-0.3, -0.25) is 4.79 Å². The molecular formula is C16H22BrNO3. The number of anilines is 1. The maximum atomic E-state index is 11.7. The molecule has 116 valence electrons. The van der Waals surface area contributed by atoms with Gasteiger partial charge in [0.25, 0.3) is 0 Å². The molecule has 0 radical (unpaired) electrons. The van der Waals surface area contributed by atoms with E-state index in [1.165, 1.54) is 0 Å². The SMILES string of the molecule is CCOC(=O)C1CCC(O)(CNc2ccc(Br)cc2)CC1. The molecule has 0 aliphatic heterocycles. The van der Waals surface area contributed by atoms with E-state index in [1.54, 1.807) is 0 Å². The number of hydrogen-bond acceptors (Lipinski definition) is 4. The van der Waals surface area contributed by atoms with Crippen molar-refractivity contribution in [3.63, 3.8) is 0 Å². The minimum atomic E-state index is -0.740. The third-order valence-corrected chi connectivity index (χ3v) is 4.53. The van der Waals surface area contributed by atoms with Gasteiger partial charge in [-0.2, -0.15) is 0 Å². The zero-order valence-corrected chi connectivity index (χ0v) is 13.9. The number of nitrogens with one attached hydrogen (secondary N) is 1. The van der Waals surface area contributed by atoms with Gasteiger partial charge in [-0.1, -0.05) is 15.9 Å². The third kappa shape index (κ3) is 4.71. The van der Waals surface area contributed by atoms with Gasteiger partial charge < -0.3 is 15.2 Å². The highest BCUT2D eigenvalue weighted by molar-refractivity contribution is 9.10. The molecule has 0 heterocycles. The third-order valence-electron chi connectivity index (χ3n) is 4.00. The molecule has 1 aliphatic carbocycles. The highest BCUT2D eigenvalue weighted by Crippen LogP contribution is 2.33. The van der Waals surface area contributed by atoms with E-state index >= 15 is 0 Å². The lowest BCUT2D eigenvalue weighted by molar-refractivity contribution is -0.150. The number of carbonyl (C=O) groups excluding carboxylic acids is 1. The Morgan fingerprint density at radius 1 is 1.38 bits per heavy atom. The van der Waals surface area contributed by atoms with Crippen molar-refractivity contribution in [3.8, 4) is 0 Å². The maximum Gasteiger partial charge on any atom is 0.308 e. The first-order valence-electron chi connectivity index (χ1n) is 7.41. The fraction of sp³-hybridized carbons (Fsp3) is 0.562. The molecule has 2 N–H and O–H groups in total. The van der Waals surface area contributed by atoms with Crippen molar-refractivity contribution in [2.45, 2.75) is 38.2 Å². The Kier molecular flexibility index (Phi) is 5.65. The summed E-state index contributed by atoms with van der Waals surface area (Å²) in [6.45, 7) is 2.74. The Morgan fingerprint density at radius 3 is 2.57 bits per heavy atom. The fourth-order valence-corrected chi connectivity index (χ4v) is 2.93. The van der Waals surface area contributed by atoms with Gasteiger partial charge in [0, 0.05) is 16.7 Å². The van der Waals surface area contributed by atoms with E-state index in [0.717, 1.165) is 10.2 Å². The molecule has 1 aromatic rings. The largest absolute Gasteiger partial charge is 0.466 e. The number of halogens is 1. The summed E-state index contributed by atoms with van der Waals surface area (Å²) in [7, 11) is 0. The molecule has 0 unspecified atom stereocenters. The molecule has 0 spiro atoms. The molecule has 1 aromatic carbocycles. The highest BCUT2D eigenvalue weighted by Gasteiger charge is 2.36. The first-order valence-corrected chi connectivity index (χ1v) is 8.20. The second-order valence-corrected chi connectivity index (χ2v) is 6.53. The summed E-state index contributed by atoms with van der Waals surface area (Å²) in [5.74, 6) is -0.182. The predicted molar refractivity (Wildman–Crippen MR) is 86.2 cm³/mol. The van der Waals surface area contributed by atoms with Crippen molar-refractivity contribution in [1.82, 2.24) is 0 Å². The van der Waals surface area contributed by atoms with Crippen LogP contribution in [0.4, 0.5) is 5.69 Å². The van der Waals surface area contributed by atoms with Gasteiger partial charge >= 0.3 is 5.97 Å². The van der Waals surface area contributed by atoms with Crippen LogP contribution >= 0.6 is 15.9 Å². The molecule has 1 fully saturated rings. The molecule has 21 heavy (non-hydrogen) atoms. The van der Waals surface area contributed by atoms with E-state index < -0.39 is 5.60 Å². The van der Waals surface area contributed by atoms with Crippen LogP contribution in [0.1, 0.15) is 32.6 Å². The summed E-state index contributed by atoms with van der Waals surface area (Å²) >= 11 is 3.40. The van der Waals surface area contributed by atoms with Gasteiger partial charge in [-0.05, 0) is 56.9 Å². The van der Waals surface area contributed by atoms with Crippen LogP contribution in [0.15, 0.2) is 28.7 Å². The first-order chi connectivity index (χ1) is 10.0. The molecule has 2 rings (SSSR count). The molecule has 0 bridgehead atoms. The van der Waals surface area contributed by atoms with Crippen molar-refractivity contribution in [2.24, 2.45) is 5.92 Å². The molecule has 0 amide bonds. The van der Waals surface area contributed by atoms with Gasteiger partial charge in [-0.25, -0.2) is 0 Å².